The summed E-state index contributed by atoms with van der Waals surface area (Å²) in [6.45, 7) is 7.18. The molecule has 0 amide bonds. The molecule has 0 N–H and O–H groups in total. The van der Waals surface area contributed by atoms with Crippen LogP contribution in [0.5, 0.6) is 0 Å². The number of hydrogen-bond donors (Lipinski definition) is 0. The average Bonchev–Trinajstić information content (AvgIpc) is 2.63. The Morgan fingerprint density at radius 1 is 0.600 bits per heavy atom. The lowest BCUT2D eigenvalue weighted by molar-refractivity contribution is 0.348. The molecule has 0 aliphatic carbocycles. The molecule has 2 atom stereocenters. The Labute approximate surface area is 158 Å². The highest BCUT2D eigenvalue weighted by Gasteiger charge is 2.12. The van der Waals surface area contributed by atoms with E-state index in [1.54, 1.807) is 0 Å². The summed E-state index contributed by atoms with van der Waals surface area (Å²) in [7, 11) is 0. The fourth-order valence-corrected chi connectivity index (χ4v) is 3.78. The molecule has 0 aromatic heterocycles. The normalized spacial score (nSPS) is 13.7. The highest BCUT2D eigenvalue weighted by atomic mass is 14.2. The van der Waals surface area contributed by atoms with Crippen LogP contribution in [0.15, 0.2) is 30.3 Å². The van der Waals surface area contributed by atoms with Crippen molar-refractivity contribution in [2.45, 2.75) is 111 Å². The van der Waals surface area contributed by atoms with Gasteiger partial charge in [0.05, 0.1) is 0 Å². The maximum Gasteiger partial charge on any atom is -0.0250 e. The quantitative estimate of drug-likeness (QED) is 0.263. The third-order valence-electron chi connectivity index (χ3n) is 5.88. The van der Waals surface area contributed by atoms with Crippen LogP contribution in [0, 0.1) is 11.8 Å². The second kappa shape index (κ2) is 15.5. The van der Waals surface area contributed by atoms with Crippen molar-refractivity contribution in [3.8, 4) is 0 Å². The molecular weight excluding hydrogens is 300 g/mol. The molecule has 0 spiro atoms. The molecule has 0 nitrogen and oxygen atoms in total. The van der Waals surface area contributed by atoms with E-state index in [1.165, 1.54) is 95.5 Å². The van der Waals surface area contributed by atoms with Gasteiger partial charge in [-0.05, 0) is 23.8 Å². The molecule has 144 valence electrons. The third kappa shape index (κ3) is 12.2. The lowest BCUT2D eigenvalue weighted by Gasteiger charge is -2.20. The van der Waals surface area contributed by atoms with E-state index in [0.717, 1.165) is 11.8 Å². The van der Waals surface area contributed by atoms with Crippen molar-refractivity contribution in [3.63, 3.8) is 0 Å². The van der Waals surface area contributed by atoms with E-state index >= 15 is 0 Å². The second-order valence-electron chi connectivity index (χ2n) is 8.32. The Hall–Kier alpha value is -0.780. The Morgan fingerprint density at radius 2 is 1.08 bits per heavy atom. The lowest BCUT2D eigenvalue weighted by Crippen LogP contribution is -2.11. The number of rotatable bonds is 16. The predicted octanol–water partition coefficient (Wildman–Crippen LogP) is 8.59. The van der Waals surface area contributed by atoms with Crippen molar-refractivity contribution in [1.29, 1.82) is 0 Å². The predicted molar refractivity (Wildman–Crippen MR) is 114 cm³/mol. The second-order valence-corrected chi connectivity index (χ2v) is 8.32. The molecule has 0 radical (unpaired) electrons. The summed E-state index contributed by atoms with van der Waals surface area (Å²) >= 11 is 0. The fourth-order valence-electron chi connectivity index (χ4n) is 3.78. The standard InChI is InChI=1S/C25H44/c1-4-5-6-7-8-9-10-11-12-13-14-16-19-23(2)24(3)22-25-20-17-15-18-21-25/h15,17-18,20-21,23-24H,4-14,16,19,22H2,1-3H3. The number of hydrogen-bond acceptors (Lipinski definition) is 0. The molecule has 0 aliphatic rings. The van der Waals surface area contributed by atoms with Crippen LogP contribution >= 0.6 is 0 Å². The topological polar surface area (TPSA) is 0 Å². The van der Waals surface area contributed by atoms with Gasteiger partial charge in [0.1, 0.15) is 0 Å². The SMILES string of the molecule is CCCCCCCCCCCCCCC(C)C(C)Cc1ccccc1. The molecule has 1 aromatic rings. The summed E-state index contributed by atoms with van der Waals surface area (Å²) in [5.74, 6) is 1.65. The zero-order valence-corrected chi connectivity index (χ0v) is 17.4. The molecule has 2 unspecified atom stereocenters. The van der Waals surface area contributed by atoms with E-state index < -0.39 is 0 Å². The molecule has 0 heterocycles. The summed E-state index contributed by atoms with van der Waals surface area (Å²) in [6, 6.07) is 11.0. The molecule has 0 saturated heterocycles. The van der Waals surface area contributed by atoms with Crippen LogP contribution in [0.2, 0.25) is 0 Å². The van der Waals surface area contributed by atoms with Crippen LogP contribution < -0.4 is 0 Å². The highest BCUT2D eigenvalue weighted by molar-refractivity contribution is 5.15. The summed E-state index contributed by atoms with van der Waals surface area (Å²) in [4.78, 5) is 0. The molecule has 1 aromatic carbocycles. The third-order valence-corrected chi connectivity index (χ3v) is 5.88. The van der Waals surface area contributed by atoms with Gasteiger partial charge in [-0.25, -0.2) is 0 Å². The Balaban J connectivity index is 1.90. The van der Waals surface area contributed by atoms with Gasteiger partial charge in [-0.15, -0.1) is 0 Å². The van der Waals surface area contributed by atoms with E-state index in [9.17, 15) is 0 Å². The van der Waals surface area contributed by atoms with Crippen molar-refractivity contribution < 1.29 is 0 Å². The molecule has 0 heteroatoms. The first kappa shape index (κ1) is 22.3. The van der Waals surface area contributed by atoms with Crippen LogP contribution in [-0.4, -0.2) is 0 Å². The Morgan fingerprint density at radius 3 is 1.60 bits per heavy atom. The molecule has 0 aliphatic heterocycles. The summed E-state index contributed by atoms with van der Waals surface area (Å²) in [6.07, 6.45) is 20.0. The van der Waals surface area contributed by atoms with Crippen LogP contribution in [0.4, 0.5) is 0 Å². The van der Waals surface area contributed by atoms with Gasteiger partial charge in [-0.1, -0.05) is 135 Å². The van der Waals surface area contributed by atoms with E-state index in [0.29, 0.717) is 0 Å². The minimum atomic E-state index is 0.801. The Bertz CT molecular complexity index is 380. The van der Waals surface area contributed by atoms with Gasteiger partial charge < -0.3 is 0 Å². The first-order valence-corrected chi connectivity index (χ1v) is 11.3. The molecule has 25 heavy (non-hydrogen) atoms. The van der Waals surface area contributed by atoms with E-state index in [2.05, 4.69) is 51.1 Å². The average molecular weight is 345 g/mol. The van der Waals surface area contributed by atoms with Crippen molar-refractivity contribution in [1.82, 2.24) is 0 Å². The van der Waals surface area contributed by atoms with E-state index in [4.69, 9.17) is 0 Å². The van der Waals surface area contributed by atoms with Gasteiger partial charge >= 0.3 is 0 Å². The highest BCUT2D eigenvalue weighted by Crippen LogP contribution is 2.23. The molecule has 0 saturated carbocycles. The maximum absolute atomic E-state index is 2.45. The van der Waals surface area contributed by atoms with E-state index in [-0.39, 0.29) is 0 Å². The smallest absolute Gasteiger partial charge is 0.0250 e. The van der Waals surface area contributed by atoms with Crippen LogP contribution in [0.1, 0.15) is 110 Å². The van der Waals surface area contributed by atoms with Crippen LogP contribution in [0.25, 0.3) is 0 Å². The molecule has 0 bridgehead atoms. The van der Waals surface area contributed by atoms with Gasteiger partial charge in [0.15, 0.2) is 0 Å². The van der Waals surface area contributed by atoms with Crippen LogP contribution in [0.3, 0.4) is 0 Å². The van der Waals surface area contributed by atoms with Gasteiger partial charge in [0, 0.05) is 0 Å². The van der Waals surface area contributed by atoms with Gasteiger partial charge in [-0.3, -0.25) is 0 Å². The van der Waals surface area contributed by atoms with Gasteiger partial charge in [0.25, 0.3) is 0 Å². The van der Waals surface area contributed by atoms with Crippen LogP contribution in [-0.2, 0) is 6.42 Å². The Kier molecular flexibility index (Phi) is 13.8. The number of benzene rings is 1. The molecule has 1 rings (SSSR count). The zero-order chi connectivity index (χ0) is 18.2. The summed E-state index contributed by atoms with van der Waals surface area (Å²) in [5, 5.41) is 0. The largest absolute Gasteiger partial charge is 0.0654 e. The molecule has 0 fully saturated rings. The lowest BCUT2D eigenvalue weighted by atomic mass is 9.86. The van der Waals surface area contributed by atoms with Crippen molar-refractivity contribution >= 4 is 0 Å². The van der Waals surface area contributed by atoms with Gasteiger partial charge in [0.2, 0.25) is 0 Å². The minimum absolute atomic E-state index is 0.801. The van der Waals surface area contributed by atoms with Crippen molar-refractivity contribution in [2.75, 3.05) is 0 Å². The van der Waals surface area contributed by atoms with E-state index in [1.807, 2.05) is 0 Å². The minimum Gasteiger partial charge on any atom is -0.0654 e. The maximum atomic E-state index is 2.45. The first-order chi connectivity index (χ1) is 12.2. The summed E-state index contributed by atoms with van der Waals surface area (Å²) < 4.78 is 0. The van der Waals surface area contributed by atoms with Gasteiger partial charge in [-0.2, -0.15) is 0 Å². The zero-order valence-electron chi connectivity index (χ0n) is 17.4. The monoisotopic (exact) mass is 344 g/mol. The summed E-state index contributed by atoms with van der Waals surface area (Å²) in [5.41, 5.74) is 1.50. The number of unbranched alkanes of at least 4 members (excludes halogenated alkanes) is 11. The first-order valence-electron chi connectivity index (χ1n) is 11.3. The van der Waals surface area contributed by atoms with Crippen molar-refractivity contribution in [2.24, 2.45) is 11.8 Å². The van der Waals surface area contributed by atoms with Crippen molar-refractivity contribution in [3.05, 3.63) is 35.9 Å². The molecular formula is C25H44. The fraction of sp³-hybridized carbons (Fsp3) is 0.760.